The number of nitrogens with one attached hydrogen (secondary N) is 1. The molecule has 8 heteroatoms. The topological polar surface area (TPSA) is 91.5 Å². The summed E-state index contributed by atoms with van der Waals surface area (Å²) in [6.07, 6.45) is 1.49. The Morgan fingerprint density at radius 3 is 2.15 bits per heavy atom. The molecular formula is C18H20N4O4. The standard InChI is InChI=1S/C18H20N4O4/c1-10-17(11(2)26-22-10)13-8-16(20-9-19-13)21-12-6-14(23-3)18(25-5)15(7-12)24-4/h6-9H,1-5H3,(H,19,20,21). The summed E-state index contributed by atoms with van der Waals surface area (Å²) in [6.45, 7) is 3.73. The van der Waals surface area contributed by atoms with Crippen molar-refractivity contribution >= 4 is 11.5 Å². The first kappa shape index (κ1) is 17.5. The monoisotopic (exact) mass is 356 g/mol. The summed E-state index contributed by atoms with van der Waals surface area (Å²) in [7, 11) is 4.70. The van der Waals surface area contributed by atoms with Crippen LogP contribution in [-0.4, -0.2) is 36.5 Å². The molecule has 0 radical (unpaired) electrons. The van der Waals surface area contributed by atoms with E-state index in [2.05, 4.69) is 20.4 Å². The van der Waals surface area contributed by atoms with E-state index < -0.39 is 0 Å². The van der Waals surface area contributed by atoms with E-state index in [1.54, 1.807) is 33.5 Å². The Bertz CT molecular complexity index is 879. The van der Waals surface area contributed by atoms with Crippen molar-refractivity contribution in [1.82, 2.24) is 15.1 Å². The molecule has 3 rings (SSSR count). The Hall–Kier alpha value is -3.29. The number of rotatable bonds is 6. The van der Waals surface area contributed by atoms with E-state index in [-0.39, 0.29) is 0 Å². The van der Waals surface area contributed by atoms with Crippen molar-refractivity contribution in [2.75, 3.05) is 26.6 Å². The summed E-state index contributed by atoms with van der Waals surface area (Å²) < 4.78 is 21.3. The molecule has 0 saturated carbocycles. The highest BCUT2D eigenvalue weighted by Gasteiger charge is 2.16. The van der Waals surface area contributed by atoms with Crippen LogP contribution in [0.5, 0.6) is 17.2 Å². The number of hydrogen-bond donors (Lipinski definition) is 1. The first-order valence-electron chi connectivity index (χ1n) is 7.89. The Kier molecular flexibility index (Phi) is 4.92. The van der Waals surface area contributed by atoms with Gasteiger partial charge in [0.2, 0.25) is 5.75 Å². The van der Waals surface area contributed by atoms with Crippen LogP contribution in [0.2, 0.25) is 0 Å². The maximum atomic E-state index is 5.37. The average Bonchev–Trinajstić information content (AvgIpc) is 2.99. The maximum absolute atomic E-state index is 5.37. The maximum Gasteiger partial charge on any atom is 0.203 e. The second-order valence-corrected chi connectivity index (χ2v) is 5.53. The molecule has 26 heavy (non-hydrogen) atoms. The van der Waals surface area contributed by atoms with Gasteiger partial charge in [-0.05, 0) is 13.8 Å². The predicted molar refractivity (Wildman–Crippen MR) is 96.4 cm³/mol. The Morgan fingerprint density at radius 1 is 0.923 bits per heavy atom. The van der Waals surface area contributed by atoms with Crippen LogP contribution in [0.3, 0.4) is 0 Å². The summed E-state index contributed by atoms with van der Waals surface area (Å²) in [6, 6.07) is 5.44. The van der Waals surface area contributed by atoms with Crippen molar-refractivity contribution in [3.8, 4) is 28.5 Å². The van der Waals surface area contributed by atoms with Crippen LogP contribution in [0.1, 0.15) is 11.5 Å². The minimum atomic E-state index is 0.527. The molecule has 0 bridgehead atoms. The zero-order chi connectivity index (χ0) is 18.7. The third-order valence-electron chi connectivity index (χ3n) is 3.89. The lowest BCUT2D eigenvalue weighted by Crippen LogP contribution is -1.99. The molecule has 0 saturated heterocycles. The van der Waals surface area contributed by atoms with E-state index in [0.717, 1.165) is 22.6 Å². The molecule has 2 heterocycles. The van der Waals surface area contributed by atoms with E-state index in [4.69, 9.17) is 18.7 Å². The fourth-order valence-corrected chi connectivity index (χ4v) is 2.71. The number of aromatic nitrogens is 3. The molecule has 8 nitrogen and oxygen atoms in total. The molecule has 0 aliphatic rings. The molecule has 0 atom stereocenters. The van der Waals surface area contributed by atoms with Crippen molar-refractivity contribution in [1.29, 1.82) is 0 Å². The van der Waals surface area contributed by atoms with Crippen LogP contribution in [0.25, 0.3) is 11.3 Å². The molecular weight excluding hydrogens is 336 g/mol. The lowest BCUT2D eigenvalue weighted by Gasteiger charge is -2.15. The smallest absolute Gasteiger partial charge is 0.203 e. The number of hydrogen-bond acceptors (Lipinski definition) is 8. The molecule has 0 aliphatic heterocycles. The lowest BCUT2D eigenvalue weighted by atomic mass is 10.1. The molecule has 136 valence electrons. The fourth-order valence-electron chi connectivity index (χ4n) is 2.71. The van der Waals surface area contributed by atoms with Crippen LogP contribution < -0.4 is 19.5 Å². The largest absolute Gasteiger partial charge is 0.493 e. The van der Waals surface area contributed by atoms with E-state index in [0.29, 0.717) is 28.8 Å². The van der Waals surface area contributed by atoms with Gasteiger partial charge in [-0.3, -0.25) is 0 Å². The van der Waals surface area contributed by atoms with Gasteiger partial charge in [0, 0.05) is 23.9 Å². The molecule has 3 aromatic rings. The third-order valence-corrected chi connectivity index (χ3v) is 3.89. The van der Waals surface area contributed by atoms with E-state index >= 15 is 0 Å². The number of anilines is 2. The molecule has 0 aliphatic carbocycles. The van der Waals surface area contributed by atoms with Gasteiger partial charge >= 0.3 is 0 Å². The molecule has 0 amide bonds. The van der Waals surface area contributed by atoms with Gasteiger partial charge in [-0.25, -0.2) is 9.97 Å². The Balaban J connectivity index is 1.96. The third kappa shape index (κ3) is 3.26. The SMILES string of the molecule is COc1cc(Nc2cc(-c3c(C)noc3C)ncn2)cc(OC)c1OC. The lowest BCUT2D eigenvalue weighted by molar-refractivity contribution is 0.324. The van der Waals surface area contributed by atoms with Gasteiger partial charge in [0.15, 0.2) is 11.5 Å². The zero-order valence-corrected chi connectivity index (χ0v) is 15.3. The summed E-state index contributed by atoms with van der Waals surface area (Å²) in [5.74, 6) is 2.95. The minimum Gasteiger partial charge on any atom is -0.493 e. The fraction of sp³-hybridized carbons (Fsp3) is 0.278. The number of aryl methyl sites for hydroxylation is 2. The first-order valence-corrected chi connectivity index (χ1v) is 7.89. The second kappa shape index (κ2) is 7.30. The summed E-state index contributed by atoms with van der Waals surface area (Å²) in [5, 5.41) is 7.20. The van der Waals surface area contributed by atoms with Gasteiger partial charge in [0.25, 0.3) is 0 Å². The van der Waals surface area contributed by atoms with Crippen molar-refractivity contribution < 1.29 is 18.7 Å². The van der Waals surface area contributed by atoms with Crippen molar-refractivity contribution in [3.63, 3.8) is 0 Å². The Morgan fingerprint density at radius 2 is 1.62 bits per heavy atom. The molecule has 2 aromatic heterocycles. The van der Waals surface area contributed by atoms with Crippen LogP contribution in [0, 0.1) is 13.8 Å². The van der Waals surface area contributed by atoms with Gasteiger partial charge in [-0.1, -0.05) is 5.16 Å². The number of ether oxygens (including phenoxy) is 3. The zero-order valence-electron chi connectivity index (χ0n) is 15.3. The van der Waals surface area contributed by atoms with Gasteiger partial charge in [0.1, 0.15) is 17.9 Å². The summed E-state index contributed by atoms with van der Waals surface area (Å²) in [4.78, 5) is 8.59. The number of nitrogens with zero attached hydrogens (tertiary/aromatic N) is 3. The van der Waals surface area contributed by atoms with Gasteiger partial charge in [-0.2, -0.15) is 0 Å². The molecule has 0 unspecified atom stereocenters. The highest BCUT2D eigenvalue weighted by molar-refractivity contribution is 5.70. The van der Waals surface area contributed by atoms with Crippen molar-refractivity contribution in [3.05, 3.63) is 36.0 Å². The molecule has 0 spiro atoms. The van der Waals surface area contributed by atoms with E-state index in [9.17, 15) is 0 Å². The summed E-state index contributed by atoms with van der Waals surface area (Å²) >= 11 is 0. The van der Waals surface area contributed by atoms with Crippen molar-refractivity contribution in [2.45, 2.75) is 13.8 Å². The normalized spacial score (nSPS) is 10.5. The molecule has 1 N–H and O–H groups in total. The number of methoxy groups -OCH3 is 3. The molecule has 1 aromatic carbocycles. The van der Waals surface area contributed by atoms with Gasteiger partial charge < -0.3 is 24.1 Å². The second-order valence-electron chi connectivity index (χ2n) is 5.53. The highest BCUT2D eigenvalue weighted by Crippen LogP contribution is 2.40. The van der Waals surface area contributed by atoms with E-state index in [1.807, 2.05) is 19.9 Å². The van der Waals surface area contributed by atoms with E-state index in [1.165, 1.54) is 6.33 Å². The van der Waals surface area contributed by atoms with Gasteiger partial charge in [0.05, 0.1) is 38.3 Å². The van der Waals surface area contributed by atoms with Crippen LogP contribution in [-0.2, 0) is 0 Å². The predicted octanol–water partition coefficient (Wildman–Crippen LogP) is 3.52. The van der Waals surface area contributed by atoms with Gasteiger partial charge in [-0.15, -0.1) is 0 Å². The quantitative estimate of drug-likeness (QED) is 0.717. The molecule has 0 fully saturated rings. The Labute approximate surface area is 151 Å². The van der Waals surface area contributed by atoms with Crippen LogP contribution in [0.4, 0.5) is 11.5 Å². The summed E-state index contributed by atoms with van der Waals surface area (Å²) in [5.41, 5.74) is 3.11. The van der Waals surface area contributed by atoms with Crippen LogP contribution in [0.15, 0.2) is 29.0 Å². The first-order chi connectivity index (χ1) is 12.6. The highest BCUT2D eigenvalue weighted by atomic mass is 16.5. The number of benzene rings is 1. The van der Waals surface area contributed by atoms with Crippen molar-refractivity contribution in [2.24, 2.45) is 0 Å². The average molecular weight is 356 g/mol. The van der Waals surface area contributed by atoms with Crippen LogP contribution >= 0.6 is 0 Å². The minimum absolute atomic E-state index is 0.527.